The molecule has 0 amide bonds. The van der Waals surface area contributed by atoms with Crippen LogP contribution in [0.25, 0.3) is 55.8 Å². The molecule has 8 nitrogen and oxygen atoms in total. The second-order valence-corrected chi connectivity index (χ2v) is 16.4. The number of pyridine rings is 2. The lowest BCUT2D eigenvalue weighted by Crippen LogP contribution is -2.44. The Labute approximate surface area is 316 Å². The highest BCUT2D eigenvalue weighted by molar-refractivity contribution is 5.92. The van der Waals surface area contributed by atoms with Crippen molar-refractivity contribution in [1.29, 1.82) is 0 Å². The van der Waals surface area contributed by atoms with Gasteiger partial charge in [0.05, 0.1) is 33.9 Å². The molecule has 0 bridgehead atoms. The molecule has 8 heteroatoms. The average Bonchev–Trinajstić information content (AvgIpc) is 3.16. The van der Waals surface area contributed by atoms with Crippen molar-refractivity contribution in [2.24, 2.45) is 0 Å². The Morgan fingerprint density at radius 3 is 1.89 bits per heavy atom. The zero-order valence-corrected chi connectivity index (χ0v) is 32.4. The quantitative estimate of drug-likeness (QED) is 0.129. The van der Waals surface area contributed by atoms with Crippen LogP contribution in [-0.2, 0) is 10.8 Å². The fraction of sp³-hybridized carbons (Fsp3) is 0.391. The molecule has 0 radical (unpaired) electrons. The third-order valence-electron chi connectivity index (χ3n) is 11.7. The molecule has 0 fully saturated rings. The van der Waals surface area contributed by atoms with Crippen LogP contribution < -0.4 is 21.1 Å². The van der Waals surface area contributed by atoms with E-state index >= 15 is 0 Å². The highest BCUT2D eigenvalue weighted by Crippen LogP contribution is 2.51. The number of hydrogen-bond acceptors (Lipinski definition) is 8. The van der Waals surface area contributed by atoms with Crippen molar-refractivity contribution in [2.45, 2.75) is 90.9 Å². The van der Waals surface area contributed by atoms with Crippen LogP contribution >= 0.6 is 0 Å². The van der Waals surface area contributed by atoms with Crippen LogP contribution in [0.5, 0.6) is 0 Å². The van der Waals surface area contributed by atoms with Crippen LogP contribution in [0.1, 0.15) is 91.2 Å². The van der Waals surface area contributed by atoms with Crippen molar-refractivity contribution in [2.75, 3.05) is 36.0 Å². The van der Waals surface area contributed by atoms with Gasteiger partial charge >= 0.3 is 11.3 Å². The topological polar surface area (TPSA) is 92.7 Å². The van der Waals surface area contributed by atoms with E-state index in [4.69, 9.17) is 18.8 Å². The summed E-state index contributed by atoms with van der Waals surface area (Å²) < 4.78 is 12.2. The van der Waals surface area contributed by atoms with E-state index in [2.05, 4.69) is 63.5 Å². The van der Waals surface area contributed by atoms with Gasteiger partial charge in [-0.25, -0.2) is 19.6 Å². The first-order chi connectivity index (χ1) is 26.0. The van der Waals surface area contributed by atoms with Crippen LogP contribution in [-0.4, -0.2) is 36.1 Å². The van der Waals surface area contributed by atoms with Gasteiger partial charge in [-0.05, 0) is 96.7 Å². The highest BCUT2D eigenvalue weighted by atomic mass is 16.4. The number of rotatable bonds is 10. The predicted molar refractivity (Wildman–Crippen MR) is 220 cm³/mol. The molecule has 0 unspecified atom stereocenters. The van der Waals surface area contributed by atoms with Crippen LogP contribution in [0.3, 0.4) is 0 Å². The first-order valence-corrected chi connectivity index (χ1v) is 19.7. The number of unbranched alkanes of at least 4 members (excludes halogenated alkanes) is 2. The summed E-state index contributed by atoms with van der Waals surface area (Å²) in [6.45, 7) is 17.5. The van der Waals surface area contributed by atoms with Gasteiger partial charge in [-0.3, -0.25) is 0 Å². The Balaban J connectivity index is 1.15. The van der Waals surface area contributed by atoms with Gasteiger partial charge in [0.1, 0.15) is 11.2 Å². The summed E-state index contributed by atoms with van der Waals surface area (Å²) in [5.74, 6) is 0. The number of benzene rings is 2. The van der Waals surface area contributed by atoms with Gasteiger partial charge in [-0.2, -0.15) is 0 Å². The second kappa shape index (κ2) is 13.9. The Morgan fingerprint density at radius 1 is 0.685 bits per heavy atom. The SMILES string of the molecule is CCCCN(CCCC)c1ccc2cc(-c3cccc(-c4cccc(-c5cc6cc7c8c(c6oc5=O)C(C)(C)CCN8CCC7(C)C)n4)n3)c(=O)oc2c1. The molecule has 2 aliphatic rings. The van der Waals surface area contributed by atoms with Crippen molar-refractivity contribution in [3.63, 3.8) is 0 Å². The molecule has 0 spiro atoms. The van der Waals surface area contributed by atoms with Crippen molar-refractivity contribution in [3.05, 3.63) is 105 Å². The van der Waals surface area contributed by atoms with Crippen molar-refractivity contribution >= 4 is 33.3 Å². The van der Waals surface area contributed by atoms with Crippen molar-refractivity contribution in [3.8, 4) is 33.9 Å². The third-order valence-corrected chi connectivity index (χ3v) is 11.7. The van der Waals surface area contributed by atoms with Gasteiger partial charge in [-0.15, -0.1) is 0 Å². The Hall–Kier alpha value is -5.24. The van der Waals surface area contributed by atoms with Gasteiger partial charge in [0, 0.05) is 60.0 Å². The van der Waals surface area contributed by atoms with E-state index in [1.54, 1.807) is 0 Å². The van der Waals surface area contributed by atoms with Gasteiger partial charge in [-0.1, -0.05) is 66.5 Å². The molecule has 0 atom stereocenters. The van der Waals surface area contributed by atoms with Crippen LogP contribution in [0.2, 0.25) is 0 Å². The van der Waals surface area contributed by atoms with Gasteiger partial charge in [0.25, 0.3) is 0 Å². The van der Waals surface area contributed by atoms with Gasteiger partial charge in [0.2, 0.25) is 0 Å². The van der Waals surface area contributed by atoms with E-state index in [-0.39, 0.29) is 10.8 Å². The maximum Gasteiger partial charge on any atom is 0.345 e. The summed E-state index contributed by atoms with van der Waals surface area (Å²) in [4.78, 5) is 41.9. The molecule has 6 aromatic rings. The molecular weight excluding hydrogens is 673 g/mol. The molecule has 0 N–H and O–H groups in total. The maximum absolute atomic E-state index is 13.8. The predicted octanol–water partition coefficient (Wildman–Crippen LogP) is 10.3. The smallest absolute Gasteiger partial charge is 0.345 e. The summed E-state index contributed by atoms with van der Waals surface area (Å²) in [5.41, 5.74) is 7.99. The Kier molecular flexibility index (Phi) is 9.19. The molecule has 0 saturated carbocycles. The van der Waals surface area contributed by atoms with Crippen molar-refractivity contribution < 1.29 is 8.83 Å². The van der Waals surface area contributed by atoms with Gasteiger partial charge in [0.15, 0.2) is 0 Å². The molecular formula is C46H50N4O4. The number of aromatic nitrogens is 2. The average molecular weight is 723 g/mol. The highest BCUT2D eigenvalue weighted by Gasteiger charge is 2.42. The molecule has 6 heterocycles. The first kappa shape index (κ1) is 35.8. The van der Waals surface area contributed by atoms with E-state index in [1.807, 2.05) is 60.7 Å². The molecule has 278 valence electrons. The summed E-state index contributed by atoms with van der Waals surface area (Å²) in [6.07, 6.45) is 6.54. The standard InChI is InChI=1S/C46H50N4O4/c1-7-9-21-49(22-10-8-2)31-18-17-29-25-32(43(51)53-39(29)28-31)35-13-11-15-37(47-35)38-16-12-14-36(48-38)33-26-30-27-34-41-40(42(30)54-44(33)52)46(5,6)20-24-50(41)23-19-45(34,3)4/h11-18,25-28H,7-10,19-24H2,1-6H3. The fourth-order valence-corrected chi connectivity index (χ4v) is 8.33. The summed E-state index contributed by atoms with van der Waals surface area (Å²) in [6, 6.07) is 23.3. The fourth-order valence-electron chi connectivity index (χ4n) is 8.33. The van der Waals surface area contributed by atoms with Gasteiger partial charge < -0.3 is 18.6 Å². The number of hydrogen-bond donors (Lipinski definition) is 0. The summed E-state index contributed by atoms with van der Waals surface area (Å²) in [5, 5.41) is 1.75. The summed E-state index contributed by atoms with van der Waals surface area (Å²) in [7, 11) is 0. The first-order valence-electron chi connectivity index (χ1n) is 19.7. The Bertz CT molecular complexity index is 2500. The molecule has 0 aliphatic carbocycles. The summed E-state index contributed by atoms with van der Waals surface area (Å²) >= 11 is 0. The lowest BCUT2D eigenvalue weighted by molar-refractivity contribution is 0.398. The van der Waals surface area contributed by atoms with E-state index < -0.39 is 11.3 Å². The van der Waals surface area contributed by atoms with Crippen LogP contribution in [0, 0.1) is 0 Å². The third kappa shape index (κ3) is 6.39. The molecule has 54 heavy (non-hydrogen) atoms. The molecule has 2 aliphatic heterocycles. The number of anilines is 2. The van der Waals surface area contributed by atoms with E-state index in [9.17, 15) is 9.59 Å². The van der Waals surface area contributed by atoms with Crippen molar-refractivity contribution in [1.82, 2.24) is 9.97 Å². The van der Waals surface area contributed by atoms with E-state index in [0.29, 0.717) is 45.1 Å². The lowest BCUT2D eigenvalue weighted by atomic mass is 9.69. The normalized spacial score (nSPS) is 15.8. The van der Waals surface area contributed by atoms with E-state index in [0.717, 1.165) is 86.7 Å². The van der Waals surface area contributed by atoms with E-state index in [1.165, 1.54) is 11.3 Å². The minimum atomic E-state index is -0.441. The number of nitrogens with zero attached hydrogens (tertiary/aromatic N) is 4. The minimum absolute atomic E-state index is 0.00224. The lowest BCUT2D eigenvalue weighted by Gasteiger charge is -2.48. The zero-order chi connectivity index (χ0) is 37.8. The molecule has 2 aromatic carbocycles. The largest absolute Gasteiger partial charge is 0.422 e. The molecule has 0 saturated heterocycles. The maximum atomic E-state index is 13.8. The number of fused-ring (bicyclic) bond motifs is 3. The zero-order valence-electron chi connectivity index (χ0n) is 32.4. The second-order valence-electron chi connectivity index (χ2n) is 16.4. The van der Waals surface area contributed by atoms with Crippen LogP contribution in [0.15, 0.2) is 91.2 Å². The Morgan fingerprint density at radius 2 is 1.26 bits per heavy atom. The minimum Gasteiger partial charge on any atom is -0.422 e. The molecule has 8 rings (SSSR count). The van der Waals surface area contributed by atoms with Crippen LogP contribution in [0.4, 0.5) is 11.4 Å². The monoisotopic (exact) mass is 722 g/mol. The molecule has 4 aromatic heterocycles.